The number of nitrogens with one attached hydrogen (secondary N) is 2. The molecule has 17 heavy (non-hydrogen) atoms. The van der Waals surface area contributed by atoms with Crippen molar-refractivity contribution in [1.82, 2.24) is 10.6 Å². The minimum absolute atomic E-state index is 0.0905. The number of hydrogen-bond acceptors (Lipinski definition) is 5. The summed E-state index contributed by atoms with van der Waals surface area (Å²) in [7, 11) is 3.48. The SMILES string of the molecule is CNCCC(C)O/C=N/N=C\C(C)C(=O)NC. The lowest BCUT2D eigenvalue weighted by Gasteiger charge is -2.08. The van der Waals surface area contributed by atoms with Crippen LogP contribution in [0.25, 0.3) is 0 Å². The van der Waals surface area contributed by atoms with Gasteiger partial charge < -0.3 is 15.4 Å². The normalized spacial score (nSPS) is 15.1. The summed E-state index contributed by atoms with van der Waals surface area (Å²) >= 11 is 0. The van der Waals surface area contributed by atoms with E-state index in [1.54, 1.807) is 14.0 Å². The number of carbonyl (C=O) groups excluding carboxylic acids is 1. The van der Waals surface area contributed by atoms with Crippen LogP contribution in [0.3, 0.4) is 0 Å². The van der Waals surface area contributed by atoms with Gasteiger partial charge in [0.25, 0.3) is 0 Å². The Bertz CT molecular complexity index is 266. The molecule has 0 aromatic carbocycles. The summed E-state index contributed by atoms with van der Waals surface area (Å²) < 4.78 is 5.27. The van der Waals surface area contributed by atoms with E-state index in [0.29, 0.717) is 0 Å². The Labute approximate surface area is 103 Å². The minimum Gasteiger partial charge on any atom is -0.479 e. The first-order chi connectivity index (χ1) is 8.11. The van der Waals surface area contributed by atoms with Gasteiger partial charge in [0.15, 0.2) is 6.40 Å². The molecule has 0 bridgehead atoms. The highest BCUT2D eigenvalue weighted by Crippen LogP contribution is 1.94. The smallest absolute Gasteiger partial charge is 0.228 e. The number of hydrogen-bond donors (Lipinski definition) is 2. The summed E-state index contributed by atoms with van der Waals surface area (Å²) in [4.78, 5) is 11.1. The van der Waals surface area contributed by atoms with Crippen molar-refractivity contribution in [3.05, 3.63) is 0 Å². The van der Waals surface area contributed by atoms with Crippen LogP contribution in [0.4, 0.5) is 0 Å². The Kier molecular flexibility index (Phi) is 8.95. The highest BCUT2D eigenvalue weighted by atomic mass is 16.5. The number of amides is 1. The molecule has 0 radical (unpaired) electrons. The molecule has 0 aromatic heterocycles. The number of nitrogens with zero attached hydrogens (tertiary/aromatic N) is 2. The largest absolute Gasteiger partial charge is 0.479 e. The second-order valence-corrected chi connectivity index (χ2v) is 3.73. The van der Waals surface area contributed by atoms with Crippen molar-refractivity contribution in [1.29, 1.82) is 0 Å². The predicted molar refractivity (Wildman–Crippen MR) is 69.3 cm³/mol. The first kappa shape index (κ1) is 15.6. The molecule has 0 spiro atoms. The topological polar surface area (TPSA) is 75.1 Å². The van der Waals surface area contributed by atoms with Crippen LogP contribution in [0.1, 0.15) is 20.3 Å². The molecule has 1 amide bonds. The van der Waals surface area contributed by atoms with Crippen LogP contribution < -0.4 is 10.6 Å². The van der Waals surface area contributed by atoms with Gasteiger partial charge in [0.1, 0.15) is 0 Å². The van der Waals surface area contributed by atoms with Crippen LogP contribution in [0.15, 0.2) is 10.2 Å². The van der Waals surface area contributed by atoms with Gasteiger partial charge in [-0.1, -0.05) is 0 Å². The maximum Gasteiger partial charge on any atom is 0.228 e. The van der Waals surface area contributed by atoms with Crippen molar-refractivity contribution >= 4 is 18.5 Å². The molecule has 2 atom stereocenters. The molecule has 0 rings (SSSR count). The summed E-state index contributed by atoms with van der Waals surface area (Å²) in [5, 5.41) is 13.0. The second-order valence-electron chi connectivity index (χ2n) is 3.73. The van der Waals surface area contributed by atoms with E-state index in [9.17, 15) is 4.79 Å². The molecule has 2 unspecified atom stereocenters. The van der Waals surface area contributed by atoms with E-state index >= 15 is 0 Å². The summed E-state index contributed by atoms with van der Waals surface area (Å²) in [6, 6.07) is 0. The van der Waals surface area contributed by atoms with E-state index in [2.05, 4.69) is 20.8 Å². The quantitative estimate of drug-likeness (QED) is 0.367. The predicted octanol–water partition coefficient (Wildman–Crippen LogP) is 0.397. The molecular weight excluding hydrogens is 220 g/mol. The summed E-state index contributed by atoms with van der Waals surface area (Å²) in [5.74, 6) is -0.383. The van der Waals surface area contributed by atoms with Crippen LogP contribution in [-0.2, 0) is 9.53 Å². The van der Waals surface area contributed by atoms with Crippen LogP contribution in [0, 0.1) is 5.92 Å². The van der Waals surface area contributed by atoms with Gasteiger partial charge in [-0.05, 0) is 33.9 Å². The van der Waals surface area contributed by atoms with E-state index in [1.165, 1.54) is 12.6 Å². The molecule has 0 heterocycles. The van der Waals surface area contributed by atoms with Crippen molar-refractivity contribution in [3.8, 4) is 0 Å². The average molecular weight is 242 g/mol. The van der Waals surface area contributed by atoms with E-state index < -0.39 is 0 Å². The van der Waals surface area contributed by atoms with Crippen molar-refractivity contribution < 1.29 is 9.53 Å². The lowest BCUT2D eigenvalue weighted by atomic mass is 10.2. The van der Waals surface area contributed by atoms with Gasteiger partial charge in [-0.25, -0.2) is 0 Å². The third-order valence-electron chi connectivity index (χ3n) is 2.16. The molecule has 2 N–H and O–H groups in total. The molecule has 0 aliphatic heterocycles. The van der Waals surface area contributed by atoms with E-state index in [0.717, 1.165) is 13.0 Å². The van der Waals surface area contributed by atoms with Crippen LogP contribution >= 0.6 is 0 Å². The van der Waals surface area contributed by atoms with Gasteiger partial charge in [-0.3, -0.25) is 4.79 Å². The molecule has 98 valence electrons. The van der Waals surface area contributed by atoms with Crippen molar-refractivity contribution in [2.45, 2.75) is 26.4 Å². The first-order valence-electron chi connectivity index (χ1n) is 5.68. The average Bonchev–Trinajstić information content (AvgIpc) is 2.34. The maximum absolute atomic E-state index is 11.1. The molecule has 0 saturated heterocycles. The lowest BCUT2D eigenvalue weighted by molar-refractivity contribution is -0.122. The van der Waals surface area contributed by atoms with Crippen molar-refractivity contribution in [3.63, 3.8) is 0 Å². The Morgan fingerprint density at radius 1 is 1.35 bits per heavy atom. The third-order valence-corrected chi connectivity index (χ3v) is 2.16. The van der Waals surface area contributed by atoms with Gasteiger partial charge in [-0.15, -0.1) is 5.10 Å². The van der Waals surface area contributed by atoms with Crippen molar-refractivity contribution in [2.24, 2.45) is 16.1 Å². The summed E-state index contributed by atoms with van der Waals surface area (Å²) in [6.07, 6.45) is 3.77. The van der Waals surface area contributed by atoms with E-state index in [-0.39, 0.29) is 17.9 Å². The Hall–Kier alpha value is -1.43. The molecule has 0 aliphatic rings. The monoisotopic (exact) mass is 242 g/mol. The molecule has 0 fully saturated rings. The third kappa shape index (κ3) is 8.38. The molecular formula is C11H22N4O2. The van der Waals surface area contributed by atoms with Gasteiger partial charge in [-0.2, -0.15) is 5.10 Å². The summed E-state index contributed by atoms with van der Waals surface area (Å²) in [5.41, 5.74) is 0. The fourth-order valence-corrected chi connectivity index (χ4v) is 1.01. The zero-order valence-electron chi connectivity index (χ0n) is 10.9. The summed E-state index contributed by atoms with van der Waals surface area (Å²) in [6.45, 7) is 4.60. The Morgan fingerprint density at radius 2 is 2.06 bits per heavy atom. The Balaban J connectivity index is 3.79. The van der Waals surface area contributed by atoms with Crippen LogP contribution in [-0.4, -0.2) is 45.3 Å². The van der Waals surface area contributed by atoms with Crippen LogP contribution in [0.5, 0.6) is 0 Å². The van der Waals surface area contributed by atoms with Gasteiger partial charge >= 0.3 is 0 Å². The fraction of sp³-hybridized carbons (Fsp3) is 0.727. The Morgan fingerprint density at radius 3 is 2.65 bits per heavy atom. The van der Waals surface area contributed by atoms with Crippen molar-refractivity contribution in [2.75, 3.05) is 20.6 Å². The highest BCUT2D eigenvalue weighted by molar-refractivity contribution is 5.92. The second kappa shape index (κ2) is 9.77. The van der Waals surface area contributed by atoms with E-state index in [1.807, 2.05) is 14.0 Å². The highest BCUT2D eigenvalue weighted by Gasteiger charge is 2.06. The zero-order valence-corrected chi connectivity index (χ0v) is 10.9. The zero-order chi connectivity index (χ0) is 13.1. The van der Waals surface area contributed by atoms with E-state index in [4.69, 9.17) is 4.74 Å². The number of rotatable bonds is 8. The molecule has 0 aliphatic carbocycles. The lowest BCUT2D eigenvalue weighted by Crippen LogP contribution is -2.25. The molecule has 0 aromatic rings. The number of carbonyl (C=O) groups is 1. The minimum atomic E-state index is -0.293. The number of ether oxygens (including phenoxy) is 1. The fourth-order valence-electron chi connectivity index (χ4n) is 1.01. The standard InChI is InChI=1S/C11H22N4O2/c1-9(11(16)13-4)7-14-15-8-17-10(2)5-6-12-3/h7-10,12H,5-6H2,1-4H3,(H,13,16)/b14-7-,15-8+. The maximum atomic E-state index is 11.1. The first-order valence-corrected chi connectivity index (χ1v) is 5.68. The van der Waals surface area contributed by atoms with Gasteiger partial charge in [0, 0.05) is 13.3 Å². The molecule has 6 nitrogen and oxygen atoms in total. The molecule has 6 heteroatoms. The van der Waals surface area contributed by atoms with Crippen LogP contribution in [0.2, 0.25) is 0 Å². The van der Waals surface area contributed by atoms with Gasteiger partial charge in [0.2, 0.25) is 5.91 Å². The van der Waals surface area contributed by atoms with Gasteiger partial charge in [0.05, 0.1) is 12.0 Å². The molecule has 0 saturated carbocycles.